The van der Waals surface area contributed by atoms with Gasteiger partial charge in [-0.25, -0.2) is 0 Å². The number of anilines is 3. The summed E-state index contributed by atoms with van der Waals surface area (Å²) in [4.78, 5) is 11.5. The van der Waals surface area contributed by atoms with E-state index in [0.29, 0.717) is 10.8 Å². The molecule has 0 saturated carbocycles. The molecule has 0 aliphatic heterocycles. The van der Waals surface area contributed by atoms with E-state index in [1.165, 1.54) is 0 Å². The topological polar surface area (TPSA) is 78.4 Å². The number of carbonyl (C=O) groups is 1. The predicted molar refractivity (Wildman–Crippen MR) is 112 cm³/mol. The molecule has 2 aromatic rings. The molecule has 0 heterocycles. The van der Waals surface area contributed by atoms with Gasteiger partial charge in [0.25, 0.3) is 0 Å². The summed E-state index contributed by atoms with van der Waals surface area (Å²) in [5, 5.41) is 15.6. The largest absolute Gasteiger partial charge is 0.481 e. The van der Waals surface area contributed by atoms with Gasteiger partial charge in [0.15, 0.2) is 0 Å². The van der Waals surface area contributed by atoms with Gasteiger partial charge in [0, 0.05) is 23.2 Å². The van der Waals surface area contributed by atoms with Crippen LogP contribution in [0.25, 0.3) is 0 Å². The van der Waals surface area contributed by atoms with Crippen molar-refractivity contribution >= 4 is 33.8 Å². The van der Waals surface area contributed by atoms with Crippen molar-refractivity contribution in [2.45, 2.75) is 44.6 Å². The Kier molecular flexibility index (Phi) is 7.85. The summed E-state index contributed by atoms with van der Waals surface area (Å²) in [6, 6.07) is 15.7. The van der Waals surface area contributed by atoms with Crippen LogP contribution < -0.4 is 10.6 Å². The van der Waals surface area contributed by atoms with E-state index in [1.54, 1.807) is 0 Å². The predicted octanol–water partition coefficient (Wildman–Crippen LogP) is 4.86. The maximum absolute atomic E-state index is 12.8. The summed E-state index contributed by atoms with van der Waals surface area (Å²) in [6.07, 6.45) is 0.870. The van der Waals surface area contributed by atoms with Gasteiger partial charge in [-0.15, -0.1) is 0 Å². The lowest BCUT2D eigenvalue weighted by atomic mass is 10.1. The average molecular weight is 389 g/mol. The number of carboxylic acid groups (broad SMARTS) is 1. The highest BCUT2D eigenvalue weighted by atomic mass is 32.2. The van der Waals surface area contributed by atoms with Crippen molar-refractivity contribution in [1.29, 1.82) is 0 Å². The van der Waals surface area contributed by atoms with Gasteiger partial charge in [-0.2, -0.15) is 0 Å². The fraction of sp³-hybridized carbons (Fsp3) is 0.381. The number of hydrogen-bond acceptors (Lipinski definition) is 4. The molecule has 2 aromatic carbocycles. The van der Waals surface area contributed by atoms with Crippen molar-refractivity contribution < 1.29 is 14.1 Å². The van der Waals surface area contributed by atoms with Crippen molar-refractivity contribution in [3.8, 4) is 0 Å². The second kappa shape index (κ2) is 10.1. The molecule has 0 aromatic heterocycles. The monoisotopic (exact) mass is 388 g/mol. The molecule has 2 atom stereocenters. The van der Waals surface area contributed by atoms with Crippen LogP contribution in [0.4, 0.5) is 17.1 Å². The molecule has 0 bridgehead atoms. The summed E-state index contributed by atoms with van der Waals surface area (Å²) in [7, 11) is -1.40. The average Bonchev–Trinajstić information content (AvgIpc) is 2.61. The molecule has 0 amide bonds. The van der Waals surface area contributed by atoms with Crippen LogP contribution in [0.1, 0.15) is 33.6 Å². The van der Waals surface area contributed by atoms with E-state index in [0.717, 1.165) is 23.5 Å². The highest BCUT2D eigenvalue weighted by molar-refractivity contribution is 7.85. The Bertz CT molecular complexity index is 778. The first-order valence-electron chi connectivity index (χ1n) is 9.18. The lowest BCUT2D eigenvalue weighted by Crippen LogP contribution is -2.19. The highest BCUT2D eigenvalue weighted by Gasteiger charge is 2.15. The molecule has 0 aliphatic rings. The SMILES string of the molecule is CC(C)CC(C)Nc1ccc(Nc2ccccc2)cc1S(=O)CCC(=O)O. The molecule has 6 heteroatoms. The van der Waals surface area contributed by atoms with E-state index >= 15 is 0 Å². The minimum Gasteiger partial charge on any atom is -0.481 e. The number of carboxylic acids is 1. The molecule has 5 nitrogen and oxygen atoms in total. The van der Waals surface area contributed by atoms with Crippen LogP contribution in [0.15, 0.2) is 53.4 Å². The van der Waals surface area contributed by atoms with E-state index in [4.69, 9.17) is 5.11 Å². The van der Waals surface area contributed by atoms with E-state index in [9.17, 15) is 9.00 Å². The van der Waals surface area contributed by atoms with Gasteiger partial charge in [-0.05, 0) is 49.6 Å². The lowest BCUT2D eigenvalue weighted by molar-refractivity contribution is -0.136. The molecule has 3 N–H and O–H groups in total. The zero-order chi connectivity index (χ0) is 19.8. The Labute approximate surface area is 163 Å². The van der Waals surface area contributed by atoms with Crippen LogP contribution in [-0.4, -0.2) is 27.1 Å². The number of benzene rings is 2. The molecule has 0 saturated heterocycles. The van der Waals surface area contributed by atoms with Crippen molar-refractivity contribution in [3.05, 3.63) is 48.5 Å². The summed E-state index contributed by atoms with van der Waals surface area (Å²) < 4.78 is 12.8. The Balaban J connectivity index is 2.25. The molecular formula is C21H28N2O3S. The second-order valence-electron chi connectivity index (χ2n) is 7.07. The summed E-state index contributed by atoms with van der Waals surface area (Å²) in [5.41, 5.74) is 2.56. The van der Waals surface area contributed by atoms with Gasteiger partial charge >= 0.3 is 5.97 Å². The Morgan fingerprint density at radius 2 is 1.78 bits per heavy atom. The Morgan fingerprint density at radius 3 is 2.41 bits per heavy atom. The van der Waals surface area contributed by atoms with Crippen LogP contribution in [0, 0.1) is 5.92 Å². The quantitative estimate of drug-likeness (QED) is 0.542. The standard InChI is InChI=1S/C21H28N2O3S/c1-15(2)13-16(3)22-19-10-9-18(23-17-7-5-4-6-8-17)14-20(19)27(26)12-11-21(24)25/h4-10,14-16,22-23H,11-13H2,1-3H3,(H,24,25). The second-order valence-corrected chi connectivity index (χ2v) is 8.61. The minimum absolute atomic E-state index is 0.0946. The molecule has 0 fully saturated rings. The number of nitrogens with one attached hydrogen (secondary N) is 2. The van der Waals surface area contributed by atoms with Crippen molar-refractivity contribution in [2.75, 3.05) is 16.4 Å². The number of para-hydroxylation sites is 1. The van der Waals surface area contributed by atoms with Crippen molar-refractivity contribution in [2.24, 2.45) is 5.92 Å². The van der Waals surface area contributed by atoms with Crippen LogP contribution in [-0.2, 0) is 15.6 Å². The summed E-state index contributed by atoms with van der Waals surface area (Å²) >= 11 is 0. The summed E-state index contributed by atoms with van der Waals surface area (Å²) in [5.74, 6) is -0.297. The number of aliphatic carboxylic acids is 1. The van der Waals surface area contributed by atoms with Gasteiger partial charge in [-0.3, -0.25) is 9.00 Å². The number of hydrogen-bond donors (Lipinski definition) is 3. The van der Waals surface area contributed by atoms with E-state index < -0.39 is 16.8 Å². The normalized spacial score (nSPS) is 13.2. The molecular weight excluding hydrogens is 360 g/mol. The zero-order valence-corrected chi connectivity index (χ0v) is 16.9. The van der Waals surface area contributed by atoms with Gasteiger partial charge in [0.1, 0.15) is 0 Å². The van der Waals surface area contributed by atoms with E-state index in [-0.39, 0.29) is 18.2 Å². The maximum atomic E-state index is 12.8. The maximum Gasteiger partial charge on any atom is 0.304 e. The molecule has 0 radical (unpaired) electrons. The highest BCUT2D eigenvalue weighted by Crippen LogP contribution is 2.28. The fourth-order valence-corrected chi connectivity index (χ4v) is 4.13. The third-order valence-electron chi connectivity index (χ3n) is 4.02. The first kappa shape index (κ1) is 21.0. The van der Waals surface area contributed by atoms with Gasteiger partial charge < -0.3 is 15.7 Å². The molecule has 27 heavy (non-hydrogen) atoms. The van der Waals surface area contributed by atoms with Crippen LogP contribution in [0.2, 0.25) is 0 Å². The van der Waals surface area contributed by atoms with Crippen LogP contribution >= 0.6 is 0 Å². The lowest BCUT2D eigenvalue weighted by Gasteiger charge is -2.20. The first-order valence-corrected chi connectivity index (χ1v) is 10.5. The zero-order valence-electron chi connectivity index (χ0n) is 16.1. The van der Waals surface area contributed by atoms with Crippen molar-refractivity contribution in [3.63, 3.8) is 0 Å². The first-order chi connectivity index (χ1) is 12.8. The van der Waals surface area contributed by atoms with Crippen LogP contribution in [0.3, 0.4) is 0 Å². The smallest absolute Gasteiger partial charge is 0.304 e. The summed E-state index contributed by atoms with van der Waals surface area (Å²) in [6.45, 7) is 6.42. The van der Waals surface area contributed by atoms with E-state index in [2.05, 4.69) is 31.4 Å². The van der Waals surface area contributed by atoms with Gasteiger partial charge in [-0.1, -0.05) is 32.0 Å². The van der Waals surface area contributed by atoms with Crippen molar-refractivity contribution in [1.82, 2.24) is 0 Å². The Hall–Kier alpha value is -2.34. The number of rotatable bonds is 10. The van der Waals surface area contributed by atoms with Gasteiger partial charge in [0.05, 0.1) is 27.8 Å². The molecule has 2 rings (SSSR count). The molecule has 0 spiro atoms. The minimum atomic E-state index is -1.40. The molecule has 0 aliphatic carbocycles. The molecule has 2 unspecified atom stereocenters. The van der Waals surface area contributed by atoms with E-state index in [1.807, 2.05) is 48.5 Å². The van der Waals surface area contributed by atoms with Gasteiger partial charge in [0.2, 0.25) is 0 Å². The molecule has 146 valence electrons. The van der Waals surface area contributed by atoms with Crippen LogP contribution in [0.5, 0.6) is 0 Å². The third-order valence-corrected chi connectivity index (χ3v) is 5.42. The Morgan fingerprint density at radius 1 is 1.07 bits per heavy atom. The fourth-order valence-electron chi connectivity index (χ4n) is 2.92. The third kappa shape index (κ3) is 7.06.